The molecule has 0 amide bonds. The normalized spacial score (nSPS) is 29.6. The van der Waals surface area contributed by atoms with Gasteiger partial charge in [0, 0.05) is 25.0 Å². The van der Waals surface area contributed by atoms with Crippen LogP contribution in [-0.2, 0) is 10.3 Å². The molecule has 3 saturated heterocycles. The van der Waals surface area contributed by atoms with Gasteiger partial charge in [-0.1, -0.05) is 25.1 Å². The molecule has 7 heteroatoms. The fourth-order valence-corrected chi connectivity index (χ4v) is 4.82. The number of hydrogen-bond acceptors (Lipinski definition) is 5. The number of halogens is 1. The second kappa shape index (κ2) is 7.32. The summed E-state index contributed by atoms with van der Waals surface area (Å²) in [5.41, 5.74) is 9.14. The van der Waals surface area contributed by atoms with E-state index in [1.54, 1.807) is 18.2 Å². The van der Waals surface area contributed by atoms with Crippen LogP contribution in [0.2, 0.25) is 0 Å². The standard InChI is InChI=1S/C17H23N5O.C6H5F/c1-10-3-4-21(7-10)13-5-11(2)15-19-16(20-22(15)8-13)17-6-12(9-23-17)14(17)18;7-6-4-2-1-3-5-6/h5,8,10,12,14H,3-4,6-7,9,18H2,1-2H3;1-5H. The second-order valence-corrected chi connectivity index (χ2v) is 8.91. The highest BCUT2D eigenvalue weighted by atomic mass is 19.1. The molecule has 4 atom stereocenters. The van der Waals surface area contributed by atoms with Crippen molar-refractivity contribution >= 4 is 11.3 Å². The van der Waals surface area contributed by atoms with Crippen LogP contribution >= 0.6 is 0 Å². The monoisotopic (exact) mass is 409 g/mol. The molecule has 1 aliphatic carbocycles. The summed E-state index contributed by atoms with van der Waals surface area (Å²) >= 11 is 0. The zero-order valence-electron chi connectivity index (χ0n) is 17.5. The summed E-state index contributed by atoms with van der Waals surface area (Å²) in [6.07, 6.45) is 4.32. The molecular weight excluding hydrogens is 381 g/mol. The molecule has 2 aromatic heterocycles. The summed E-state index contributed by atoms with van der Waals surface area (Å²) in [4.78, 5) is 7.20. The largest absolute Gasteiger partial charge is 0.370 e. The molecule has 3 aliphatic heterocycles. The number of pyridine rings is 1. The van der Waals surface area contributed by atoms with Gasteiger partial charge < -0.3 is 15.4 Å². The number of benzene rings is 1. The molecular formula is C23H28FN5O. The van der Waals surface area contributed by atoms with Gasteiger partial charge in [-0.25, -0.2) is 13.9 Å². The van der Waals surface area contributed by atoms with Crippen molar-refractivity contribution < 1.29 is 9.13 Å². The Hall–Kier alpha value is -2.51. The average molecular weight is 410 g/mol. The molecule has 1 saturated carbocycles. The average Bonchev–Trinajstić information content (AvgIpc) is 3.50. The lowest BCUT2D eigenvalue weighted by molar-refractivity contribution is -0.0287. The zero-order valence-corrected chi connectivity index (χ0v) is 17.5. The molecule has 7 rings (SSSR count). The summed E-state index contributed by atoms with van der Waals surface area (Å²) in [6, 6.07) is 10.2. The lowest BCUT2D eigenvalue weighted by atomic mass is 9.69. The first-order chi connectivity index (χ1) is 14.5. The van der Waals surface area contributed by atoms with Crippen molar-refractivity contribution in [3.63, 3.8) is 0 Å². The first kappa shape index (κ1) is 19.5. The van der Waals surface area contributed by atoms with Gasteiger partial charge in [0.25, 0.3) is 0 Å². The SMILES string of the molecule is Cc1cc(N2CCC(C)C2)cn2nc(C34CC(CO3)C4N)nc12.Fc1ccccc1. The van der Waals surface area contributed by atoms with Crippen LogP contribution in [0, 0.1) is 24.6 Å². The maximum atomic E-state index is 11.9. The molecule has 6 nitrogen and oxygen atoms in total. The van der Waals surface area contributed by atoms with E-state index >= 15 is 0 Å². The van der Waals surface area contributed by atoms with Crippen molar-refractivity contribution in [3.8, 4) is 0 Å². The van der Waals surface area contributed by atoms with Gasteiger partial charge in [0.05, 0.1) is 18.5 Å². The minimum Gasteiger partial charge on any atom is -0.370 e. The van der Waals surface area contributed by atoms with E-state index in [2.05, 4.69) is 31.0 Å². The third kappa shape index (κ3) is 3.17. The highest BCUT2D eigenvalue weighted by molar-refractivity contribution is 5.57. The molecule has 30 heavy (non-hydrogen) atoms. The van der Waals surface area contributed by atoms with Crippen molar-refractivity contribution in [1.82, 2.24) is 14.6 Å². The van der Waals surface area contributed by atoms with E-state index in [4.69, 9.17) is 20.6 Å². The molecule has 2 N–H and O–H groups in total. The number of ether oxygens (including phenoxy) is 1. The van der Waals surface area contributed by atoms with E-state index in [1.165, 1.54) is 24.2 Å². The predicted octanol–water partition coefficient (Wildman–Crippen LogP) is 3.28. The number of rotatable bonds is 2. The van der Waals surface area contributed by atoms with E-state index in [9.17, 15) is 4.39 Å². The summed E-state index contributed by atoms with van der Waals surface area (Å²) in [6.45, 7) is 7.39. The number of fused-ring (bicyclic) bond motifs is 2. The van der Waals surface area contributed by atoms with Crippen molar-refractivity contribution in [2.45, 2.75) is 38.3 Å². The Morgan fingerprint density at radius 2 is 2.07 bits per heavy atom. The van der Waals surface area contributed by atoms with E-state index < -0.39 is 5.60 Å². The van der Waals surface area contributed by atoms with Gasteiger partial charge >= 0.3 is 0 Å². The first-order valence-electron chi connectivity index (χ1n) is 10.7. The molecule has 158 valence electrons. The summed E-state index contributed by atoms with van der Waals surface area (Å²) in [5.74, 6) is 1.81. The van der Waals surface area contributed by atoms with Crippen molar-refractivity contribution in [3.05, 3.63) is 59.8 Å². The van der Waals surface area contributed by atoms with Crippen LogP contribution in [0.3, 0.4) is 0 Å². The number of hydrogen-bond donors (Lipinski definition) is 1. The number of anilines is 1. The lowest BCUT2D eigenvalue weighted by Gasteiger charge is -2.40. The van der Waals surface area contributed by atoms with Gasteiger partial charge in [-0.15, -0.1) is 5.10 Å². The van der Waals surface area contributed by atoms with E-state index in [1.807, 2.05) is 4.52 Å². The molecule has 2 bridgehead atoms. The van der Waals surface area contributed by atoms with Crippen LogP contribution in [0.25, 0.3) is 5.65 Å². The lowest BCUT2D eigenvalue weighted by Crippen LogP contribution is -2.55. The highest BCUT2D eigenvalue weighted by Crippen LogP contribution is 2.53. The van der Waals surface area contributed by atoms with Crippen LogP contribution in [0.4, 0.5) is 10.1 Å². The van der Waals surface area contributed by atoms with Gasteiger partial charge in [0.2, 0.25) is 0 Å². The molecule has 4 aliphatic rings. The Balaban J connectivity index is 0.000000236. The van der Waals surface area contributed by atoms with Gasteiger partial charge in [-0.05, 0) is 49.4 Å². The molecule has 0 spiro atoms. The van der Waals surface area contributed by atoms with Gasteiger partial charge in [0.1, 0.15) is 11.4 Å². The minimum absolute atomic E-state index is 0.0409. The summed E-state index contributed by atoms with van der Waals surface area (Å²) in [5, 5.41) is 4.74. The van der Waals surface area contributed by atoms with E-state index in [0.717, 1.165) is 49.1 Å². The van der Waals surface area contributed by atoms with Crippen LogP contribution in [0.1, 0.15) is 31.2 Å². The Labute approximate surface area is 175 Å². The molecule has 4 fully saturated rings. The third-order valence-corrected chi connectivity index (χ3v) is 6.67. The summed E-state index contributed by atoms with van der Waals surface area (Å²) in [7, 11) is 0. The van der Waals surface area contributed by atoms with Gasteiger partial charge in [-0.3, -0.25) is 0 Å². The number of nitrogens with two attached hydrogens (primary N) is 1. The predicted molar refractivity (Wildman–Crippen MR) is 114 cm³/mol. The number of nitrogens with zero attached hydrogens (tertiary/aromatic N) is 4. The first-order valence-corrected chi connectivity index (χ1v) is 10.7. The van der Waals surface area contributed by atoms with E-state index in [0.29, 0.717) is 5.92 Å². The Kier molecular flexibility index (Phi) is 4.75. The van der Waals surface area contributed by atoms with Crippen LogP contribution in [0.5, 0.6) is 0 Å². The minimum atomic E-state index is -0.439. The summed E-state index contributed by atoms with van der Waals surface area (Å²) < 4.78 is 19.8. The van der Waals surface area contributed by atoms with E-state index in [-0.39, 0.29) is 11.9 Å². The van der Waals surface area contributed by atoms with Gasteiger partial charge in [0.15, 0.2) is 11.5 Å². The maximum Gasteiger partial charge on any atom is 0.185 e. The van der Waals surface area contributed by atoms with Crippen LogP contribution < -0.4 is 10.6 Å². The maximum absolute atomic E-state index is 11.9. The number of aromatic nitrogens is 3. The Morgan fingerprint density at radius 3 is 2.63 bits per heavy atom. The fraction of sp³-hybridized carbons (Fsp3) is 0.478. The molecule has 3 aromatic rings. The van der Waals surface area contributed by atoms with Crippen molar-refractivity contribution in [2.75, 3.05) is 24.6 Å². The van der Waals surface area contributed by atoms with Crippen molar-refractivity contribution in [2.24, 2.45) is 17.6 Å². The second-order valence-electron chi connectivity index (χ2n) is 8.91. The molecule has 4 unspecified atom stereocenters. The molecule has 5 heterocycles. The molecule has 1 aromatic carbocycles. The van der Waals surface area contributed by atoms with Crippen LogP contribution in [-0.4, -0.2) is 40.3 Å². The third-order valence-electron chi connectivity index (χ3n) is 6.67. The quantitative estimate of drug-likeness (QED) is 0.704. The number of aryl methyl sites for hydroxylation is 1. The smallest absolute Gasteiger partial charge is 0.185 e. The Morgan fingerprint density at radius 1 is 1.27 bits per heavy atom. The van der Waals surface area contributed by atoms with Crippen LogP contribution in [0.15, 0.2) is 42.6 Å². The fourth-order valence-electron chi connectivity index (χ4n) is 4.82. The van der Waals surface area contributed by atoms with Crippen molar-refractivity contribution in [1.29, 1.82) is 0 Å². The zero-order chi connectivity index (χ0) is 20.9. The Bertz CT molecular complexity index is 1050. The molecule has 0 radical (unpaired) electrons. The highest BCUT2D eigenvalue weighted by Gasteiger charge is 2.62. The van der Waals surface area contributed by atoms with Gasteiger partial charge in [-0.2, -0.15) is 0 Å². The topological polar surface area (TPSA) is 68.7 Å².